The number of carbonyl (C=O) groups excluding carboxylic acids is 1. The average molecular weight is 299 g/mol. The van der Waals surface area contributed by atoms with Crippen molar-refractivity contribution in [2.45, 2.75) is 13.5 Å². The van der Waals surface area contributed by atoms with Gasteiger partial charge in [-0.25, -0.2) is 0 Å². The molecule has 0 bridgehead atoms. The van der Waals surface area contributed by atoms with Gasteiger partial charge in [0.25, 0.3) is 5.91 Å². The van der Waals surface area contributed by atoms with Gasteiger partial charge in [0.1, 0.15) is 0 Å². The average Bonchev–Trinajstić information content (AvgIpc) is 2.45. The lowest BCUT2D eigenvalue weighted by Crippen LogP contribution is -2.26. The topological polar surface area (TPSA) is 44.1 Å². The van der Waals surface area contributed by atoms with E-state index < -0.39 is 0 Å². The molecule has 0 unspecified atom stereocenters. The Hall–Kier alpha value is -2.31. The zero-order chi connectivity index (χ0) is 15.4. The van der Waals surface area contributed by atoms with Crippen LogP contribution in [0.25, 0.3) is 0 Å². The fraction of sp³-hybridized carbons (Fsp3) is 0.176. The first-order valence-electron chi connectivity index (χ1n) is 6.51. The Kier molecular flexibility index (Phi) is 4.62. The molecule has 21 heavy (non-hydrogen) atoms. The number of hydrogen-bond donors (Lipinski definition) is 0. The summed E-state index contributed by atoms with van der Waals surface area (Å²) in [7, 11) is 1.73. The standard InChI is InChI=1S/C17H15ClN2O/c1-12-6-15(9-16(18)7-12)17(21)20(2)11-14-5-3-4-13(8-14)10-19/h3-9H,11H2,1-2H3. The van der Waals surface area contributed by atoms with E-state index in [9.17, 15) is 4.79 Å². The lowest BCUT2D eigenvalue weighted by Gasteiger charge is -2.18. The molecule has 0 radical (unpaired) electrons. The van der Waals surface area contributed by atoms with Crippen molar-refractivity contribution in [2.75, 3.05) is 7.05 Å². The van der Waals surface area contributed by atoms with Crippen LogP contribution in [0.4, 0.5) is 0 Å². The monoisotopic (exact) mass is 298 g/mol. The van der Waals surface area contributed by atoms with Gasteiger partial charge in [-0.2, -0.15) is 5.26 Å². The second-order valence-corrected chi connectivity index (χ2v) is 5.43. The third-order valence-corrected chi connectivity index (χ3v) is 3.33. The molecule has 0 heterocycles. The molecule has 0 saturated heterocycles. The summed E-state index contributed by atoms with van der Waals surface area (Å²) in [5, 5.41) is 9.45. The van der Waals surface area contributed by atoms with Crippen molar-refractivity contribution >= 4 is 17.5 Å². The molecule has 2 aromatic carbocycles. The fourth-order valence-corrected chi connectivity index (χ4v) is 2.45. The van der Waals surface area contributed by atoms with Gasteiger partial charge in [0.2, 0.25) is 0 Å². The second-order valence-electron chi connectivity index (χ2n) is 4.99. The third kappa shape index (κ3) is 3.84. The molecule has 0 aliphatic rings. The molecule has 0 saturated carbocycles. The summed E-state index contributed by atoms with van der Waals surface area (Å²) in [4.78, 5) is 14.0. The van der Waals surface area contributed by atoms with E-state index in [0.29, 0.717) is 22.7 Å². The summed E-state index contributed by atoms with van der Waals surface area (Å²) >= 11 is 5.99. The maximum absolute atomic E-state index is 12.4. The Morgan fingerprint density at radius 3 is 2.71 bits per heavy atom. The summed E-state index contributed by atoms with van der Waals surface area (Å²) in [5.41, 5.74) is 3.03. The minimum Gasteiger partial charge on any atom is -0.337 e. The van der Waals surface area contributed by atoms with Gasteiger partial charge in [-0.05, 0) is 48.4 Å². The first-order chi connectivity index (χ1) is 9.99. The zero-order valence-corrected chi connectivity index (χ0v) is 12.7. The van der Waals surface area contributed by atoms with Crippen molar-refractivity contribution in [1.29, 1.82) is 5.26 Å². The first kappa shape index (κ1) is 15.1. The van der Waals surface area contributed by atoms with Crippen molar-refractivity contribution in [3.8, 4) is 6.07 Å². The minimum atomic E-state index is -0.0945. The maximum atomic E-state index is 12.4. The molecule has 0 aromatic heterocycles. The lowest BCUT2D eigenvalue weighted by molar-refractivity contribution is 0.0785. The maximum Gasteiger partial charge on any atom is 0.253 e. The molecule has 0 spiro atoms. The first-order valence-corrected chi connectivity index (χ1v) is 6.89. The van der Waals surface area contributed by atoms with Crippen LogP contribution in [-0.2, 0) is 6.54 Å². The molecule has 1 amide bonds. The number of rotatable bonds is 3. The Morgan fingerprint density at radius 1 is 1.29 bits per heavy atom. The van der Waals surface area contributed by atoms with Gasteiger partial charge >= 0.3 is 0 Å². The number of halogens is 1. The minimum absolute atomic E-state index is 0.0945. The highest BCUT2D eigenvalue weighted by atomic mass is 35.5. The van der Waals surface area contributed by atoms with E-state index in [1.807, 2.05) is 31.2 Å². The predicted molar refractivity (Wildman–Crippen MR) is 83.1 cm³/mol. The van der Waals surface area contributed by atoms with Crippen LogP contribution in [0.15, 0.2) is 42.5 Å². The quantitative estimate of drug-likeness (QED) is 0.865. The predicted octanol–water partition coefficient (Wildman–Crippen LogP) is 3.79. The lowest BCUT2D eigenvalue weighted by atomic mass is 10.1. The highest BCUT2D eigenvalue weighted by molar-refractivity contribution is 6.31. The summed E-state index contributed by atoms with van der Waals surface area (Å²) in [6, 6.07) is 14.6. The summed E-state index contributed by atoms with van der Waals surface area (Å²) in [6.45, 7) is 2.35. The molecular formula is C17H15ClN2O. The molecule has 4 heteroatoms. The van der Waals surface area contributed by atoms with Gasteiger partial charge in [0, 0.05) is 24.2 Å². The molecule has 3 nitrogen and oxygen atoms in total. The molecule has 0 fully saturated rings. The third-order valence-electron chi connectivity index (χ3n) is 3.11. The zero-order valence-electron chi connectivity index (χ0n) is 11.9. The molecule has 0 atom stereocenters. The highest BCUT2D eigenvalue weighted by Crippen LogP contribution is 2.17. The van der Waals surface area contributed by atoms with E-state index in [4.69, 9.17) is 16.9 Å². The molecular weight excluding hydrogens is 284 g/mol. The molecule has 0 aliphatic heterocycles. The molecule has 0 N–H and O–H groups in total. The van der Waals surface area contributed by atoms with Crippen molar-refractivity contribution in [3.63, 3.8) is 0 Å². The van der Waals surface area contributed by atoms with Crippen LogP contribution in [0.5, 0.6) is 0 Å². The number of carbonyl (C=O) groups is 1. The van der Waals surface area contributed by atoms with E-state index in [2.05, 4.69) is 6.07 Å². The van der Waals surface area contributed by atoms with Crippen molar-refractivity contribution in [2.24, 2.45) is 0 Å². The number of aryl methyl sites for hydroxylation is 1. The number of benzene rings is 2. The number of nitrogens with zero attached hydrogens (tertiary/aromatic N) is 2. The van der Waals surface area contributed by atoms with E-state index in [1.54, 1.807) is 30.1 Å². The number of amides is 1. The van der Waals surface area contributed by atoms with Crippen molar-refractivity contribution in [3.05, 3.63) is 69.7 Å². The largest absolute Gasteiger partial charge is 0.337 e. The second kappa shape index (κ2) is 6.43. The fourth-order valence-electron chi connectivity index (χ4n) is 2.17. The van der Waals surface area contributed by atoms with E-state index in [0.717, 1.165) is 11.1 Å². The SMILES string of the molecule is Cc1cc(Cl)cc(C(=O)N(C)Cc2cccc(C#N)c2)c1. The summed E-state index contributed by atoms with van der Waals surface area (Å²) in [5.74, 6) is -0.0945. The van der Waals surface area contributed by atoms with Gasteiger partial charge in [0.05, 0.1) is 11.6 Å². The van der Waals surface area contributed by atoms with Crippen LogP contribution < -0.4 is 0 Å². The van der Waals surface area contributed by atoms with E-state index in [1.165, 1.54) is 0 Å². The number of hydrogen-bond acceptors (Lipinski definition) is 2. The van der Waals surface area contributed by atoms with Gasteiger partial charge in [0.15, 0.2) is 0 Å². The van der Waals surface area contributed by atoms with Crippen LogP contribution in [0, 0.1) is 18.3 Å². The Balaban J connectivity index is 2.17. The van der Waals surface area contributed by atoms with Crippen LogP contribution in [-0.4, -0.2) is 17.9 Å². The number of nitriles is 1. The normalized spacial score (nSPS) is 10.0. The van der Waals surface area contributed by atoms with Crippen molar-refractivity contribution < 1.29 is 4.79 Å². The van der Waals surface area contributed by atoms with Gasteiger partial charge in [-0.3, -0.25) is 4.79 Å². The van der Waals surface area contributed by atoms with E-state index in [-0.39, 0.29) is 5.91 Å². The van der Waals surface area contributed by atoms with Gasteiger partial charge in [-0.15, -0.1) is 0 Å². The highest BCUT2D eigenvalue weighted by Gasteiger charge is 2.13. The molecule has 2 aromatic rings. The van der Waals surface area contributed by atoms with Crippen LogP contribution in [0.2, 0.25) is 5.02 Å². The summed E-state index contributed by atoms with van der Waals surface area (Å²) < 4.78 is 0. The van der Waals surface area contributed by atoms with Crippen molar-refractivity contribution in [1.82, 2.24) is 4.90 Å². The molecule has 106 valence electrons. The van der Waals surface area contributed by atoms with Gasteiger partial charge in [-0.1, -0.05) is 23.7 Å². The Labute approximate surface area is 129 Å². The molecule has 2 rings (SSSR count). The van der Waals surface area contributed by atoms with Gasteiger partial charge < -0.3 is 4.90 Å². The van der Waals surface area contributed by atoms with E-state index >= 15 is 0 Å². The smallest absolute Gasteiger partial charge is 0.253 e. The van der Waals surface area contributed by atoms with Crippen LogP contribution >= 0.6 is 11.6 Å². The van der Waals surface area contributed by atoms with Crippen LogP contribution in [0.1, 0.15) is 27.0 Å². The summed E-state index contributed by atoms with van der Waals surface area (Å²) in [6.07, 6.45) is 0. The van der Waals surface area contributed by atoms with Crippen LogP contribution in [0.3, 0.4) is 0 Å². The molecule has 0 aliphatic carbocycles. The Bertz CT molecular complexity index is 699. The Morgan fingerprint density at radius 2 is 2.05 bits per heavy atom.